The van der Waals surface area contributed by atoms with Crippen molar-refractivity contribution in [3.63, 3.8) is 0 Å². The molecule has 21 heavy (non-hydrogen) atoms. The summed E-state index contributed by atoms with van der Waals surface area (Å²) in [6.07, 6.45) is 2.84. The molecule has 2 rings (SSSR count). The fourth-order valence-electron chi connectivity index (χ4n) is 2.37. The third kappa shape index (κ3) is 4.68. The van der Waals surface area contributed by atoms with Gasteiger partial charge < -0.3 is 14.4 Å². The Hall–Kier alpha value is -1.14. The minimum absolute atomic E-state index is 0.215. The summed E-state index contributed by atoms with van der Waals surface area (Å²) in [5, 5.41) is 2.93. The molecule has 5 nitrogen and oxygen atoms in total. The molecule has 1 atom stereocenters. The maximum atomic E-state index is 11.5. The van der Waals surface area contributed by atoms with E-state index >= 15 is 0 Å². The Labute approximate surface area is 130 Å². The zero-order chi connectivity index (χ0) is 15.2. The van der Waals surface area contributed by atoms with Crippen LogP contribution in [-0.4, -0.2) is 43.9 Å². The molecule has 1 heterocycles. The van der Waals surface area contributed by atoms with Crippen LogP contribution in [0.5, 0.6) is 0 Å². The van der Waals surface area contributed by atoms with Crippen molar-refractivity contribution in [3.8, 4) is 0 Å². The molecule has 1 fully saturated rings. The van der Waals surface area contributed by atoms with Crippen molar-refractivity contribution >= 4 is 22.4 Å². The summed E-state index contributed by atoms with van der Waals surface area (Å²) in [5.74, 6) is 0.548. The zero-order valence-electron chi connectivity index (χ0n) is 13.0. The SMILES string of the molecule is CCOC(=O)Cc1csc(N(CCOC)C(C)C2CC2)n1. The molecule has 0 amide bonds. The van der Waals surface area contributed by atoms with Gasteiger partial charge in [0.05, 0.1) is 25.3 Å². The van der Waals surface area contributed by atoms with Crippen LogP contribution in [0.15, 0.2) is 5.38 Å². The first-order valence-electron chi connectivity index (χ1n) is 7.51. The largest absolute Gasteiger partial charge is 0.466 e. The van der Waals surface area contributed by atoms with Gasteiger partial charge in [-0.1, -0.05) is 0 Å². The minimum Gasteiger partial charge on any atom is -0.466 e. The molecule has 0 aromatic carbocycles. The molecule has 1 aromatic rings. The highest BCUT2D eigenvalue weighted by Crippen LogP contribution is 2.37. The molecule has 1 saturated carbocycles. The lowest BCUT2D eigenvalue weighted by atomic mass is 10.2. The highest BCUT2D eigenvalue weighted by Gasteiger charge is 2.33. The number of anilines is 1. The van der Waals surface area contributed by atoms with Crippen molar-refractivity contribution in [2.45, 2.75) is 39.2 Å². The summed E-state index contributed by atoms with van der Waals surface area (Å²) in [5.41, 5.74) is 0.791. The number of nitrogens with zero attached hydrogens (tertiary/aromatic N) is 2. The van der Waals surface area contributed by atoms with E-state index in [9.17, 15) is 4.79 Å². The third-order valence-corrected chi connectivity index (χ3v) is 4.67. The lowest BCUT2D eigenvalue weighted by Crippen LogP contribution is -2.37. The number of hydrogen-bond acceptors (Lipinski definition) is 6. The van der Waals surface area contributed by atoms with Gasteiger partial charge in [-0.15, -0.1) is 11.3 Å². The highest BCUT2D eigenvalue weighted by atomic mass is 32.1. The van der Waals surface area contributed by atoms with Crippen molar-refractivity contribution in [2.75, 3.05) is 31.8 Å². The van der Waals surface area contributed by atoms with E-state index in [0.29, 0.717) is 19.3 Å². The van der Waals surface area contributed by atoms with Crippen molar-refractivity contribution in [2.24, 2.45) is 5.92 Å². The Balaban J connectivity index is 2.01. The second-order valence-corrected chi connectivity index (χ2v) is 6.20. The van der Waals surface area contributed by atoms with Crippen molar-refractivity contribution in [1.82, 2.24) is 4.98 Å². The Morgan fingerprint density at radius 3 is 2.95 bits per heavy atom. The van der Waals surface area contributed by atoms with Gasteiger partial charge in [-0.3, -0.25) is 4.79 Å². The van der Waals surface area contributed by atoms with Crippen LogP contribution in [0.3, 0.4) is 0 Å². The van der Waals surface area contributed by atoms with Gasteiger partial charge in [-0.25, -0.2) is 4.98 Å². The van der Waals surface area contributed by atoms with E-state index in [-0.39, 0.29) is 12.4 Å². The molecule has 1 aromatic heterocycles. The van der Waals surface area contributed by atoms with Gasteiger partial charge in [-0.2, -0.15) is 0 Å². The minimum atomic E-state index is -0.215. The fraction of sp³-hybridized carbons (Fsp3) is 0.733. The number of hydrogen-bond donors (Lipinski definition) is 0. The van der Waals surface area contributed by atoms with Crippen LogP contribution in [0.1, 0.15) is 32.4 Å². The van der Waals surface area contributed by atoms with Gasteiger partial charge in [0.1, 0.15) is 0 Å². The first-order valence-corrected chi connectivity index (χ1v) is 8.39. The van der Waals surface area contributed by atoms with E-state index in [2.05, 4.69) is 16.8 Å². The predicted molar refractivity (Wildman–Crippen MR) is 83.9 cm³/mol. The summed E-state index contributed by atoms with van der Waals surface area (Å²) >= 11 is 1.59. The fourth-order valence-corrected chi connectivity index (χ4v) is 3.31. The Morgan fingerprint density at radius 1 is 1.57 bits per heavy atom. The van der Waals surface area contributed by atoms with Crippen LogP contribution >= 0.6 is 11.3 Å². The van der Waals surface area contributed by atoms with Gasteiger partial charge in [0.25, 0.3) is 0 Å². The normalized spacial score (nSPS) is 15.8. The molecule has 1 unspecified atom stereocenters. The van der Waals surface area contributed by atoms with Crippen molar-refractivity contribution in [3.05, 3.63) is 11.1 Å². The van der Waals surface area contributed by atoms with E-state index in [0.717, 1.165) is 23.3 Å². The molecular weight excluding hydrogens is 288 g/mol. The molecule has 0 bridgehead atoms. The molecule has 0 radical (unpaired) electrons. The van der Waals surface area contributed by atoms with Crippen molar-refractivity contribution in [1.29, 1.82) is 0 Å². The topological polar surface area (TPSA) is 51.7 Å². The number of aromatic nitrogens is 1. The van der Waals surface area contributed by atoms with Gasteiger partial charge in [0.15, 0.2) is 5.13 Å². The lowest BCUT2D eigenvalue weighted by Gasteiger charge is -2.28. The molecule has 6 heteroatoms. The van der Waals surface area contributed by atoms with E-state index in [1.165, 1.54) is 12.8 Å². The number of esters is 1. The number of carbonyl (C=O) groups excluding carboxylic acids is 1. The van der Waals surface area contributed by atoms with Gasteiger partial charge in [0, 0.05) is 25.1 Å². The van der Waals surface area contributed by atoms with Gasteiger partial charge in [0.2, 0.25) is 0 Å². The van der Waals surface area contributed by atoms with Gasteiger partial charge in [-0.05, 0) is 32.6 Å². The molecule has 0 saturated heterocycles. The molecule has 0 aliphatic heterocycles. The van der Waals surface area contributed by atoms with Gasteiger partial charge >= 0.3 is 5.97 Å². The molecule has 0 N–H and O–H groups in total. The molecule has 1 aliphatic rings. The average Bonchev–Trinajstić information content (AvgIpc) is 3.21. The molecule has 118 valence electrons. The second-order valence-electron chi connectivity index (χ2n) is 5.37. The molecule has 0 spiro atoms. The summed E-state index contributed by atoms with van der Waals surface area (Å²) < 4.78 is 10.2. The highest BCUT2D eigenvalue weighted by molar-refractivity contribution is 7.13. The van der Waals surface area contributed by atoms with Crippen LogP contribution in [0.4, 0.5) is 5.13 Å². The summed E-state index contributed by atoms with van der Waals surface area (Å²) in [7, 11) is 1.72. The van der Waals surface area contributed by atoms with Crippen LogP contribution < -0.4 is 4.90 Å². The summed E-state index contributed by atoms with van der Waals surface area (Å²) in [4.78, 5) is 18.4. The van der Waals surface area contributed by atoms with E-state index in [1.54, 1.807) is 18.4 Å². The van der Waals surface area contributed by atoms with E-state index in [4.69, 9.17) is 9.47 Å². The lowest BCUT2D eigenvalue weighted by molar-refractivity contribution is -0.142. The predicted octanol–water partition coefficient (Wildman–Crippen LogP) is 2.50. The number of thiazole rings is 1. The summed E-state index contributed by atoms with van der Waals surface area (Å²) in [6.45, 7) is 5.99. The Kier molecular flexibility index (Phi) is 5.99. The molecule has 1 aliphatic carbocycles. The quantitative estimate of drug-likeness (QED) is 0.656. The second kappa shape index (κ2) is 7.75. The average molecular weight is 312 g/mol. The first kappa shape index (κ1) is 16.2. The number of rotatable bonds is 9. The third-order valence-electron chi connectivity index (χ3n) is 3.75. The van der Waals surface area contributed by atoms with Crippen LogP contribution in [-0.2, 0) is 20.7 Å². The zero-order valence-corrected chi connectivity index (χ0v) is 13.8. The van der Waals surface area contributed by atoms with Crippen LogP contribution in [0.25, 0.3) is 0 Å². The molecular formula is C15H24N2O3S. The number of carbonyl (C=O) groups is 1. The standard InChI is InChI=1S/C15H24N2O3S/c1-4-20-14(18)9-13-10-21-15(16-13)17(7-8-19-3)11(2)12-5-6-12/h10-12H,4-9H2,1-3H3. The summed E-state index contributed by atoms with van der Waals surface area (Å²) in [6, 6.07) is 0.474. The van der Waals surface area contributed by atoms with Crippen molar-refractivity contribution < 1.29 is 14.3 Å². The van der Waals surface area contributed by atoms with E-state index in [1.807, 2.05) is 12.3 Å². The Morgan fingerprint density at radius 2 is 2.33 bits per heavy atom. The Bertz CT molecular complexity index is 460. The van der Waals surface area contributed by atoms with Crippen LogP contribution in [0, 0.1) is 5.92 Å². The number of methoxy groups -OCH3 is 1. The van der Waals surface area contributed by atoms with Crippen LogP contribution in [0.2, 0.25) is 0 Å². The maximum Gasteiger partial charge on any atom is 0.311 e. The maximum absolute atomic E-state index is 11.5. The monoisotopic (exact) mass is 312 g/mol. The number of ether oxygens (including phenoxy) is 2. The van der Waals surface area contributed by atoms with E-state index < -0.39 is 0 Å². The first-order chi connectivity index (χ1) is 10.2. The smallest absolute Gasteiger partial charge is 0.311 e.